The Labute approximate surface area is 358 Å². The normalized spacial score (nSPS) is 12.9. The number of amides is 2. The summed E-state index contributed by atoms with van der Waals surface area (Å²) in [4.78, 5) is 66.8. The summed E-state index contributed by atoms with van der Waals surface area (Å²) in [5.41, 5.74) is 0. The molecule has 0 bridgehead atoms. The zero-order valence-corrected chi connectivity index (χ0v) is 36.1. The van der Waals surface area contributed by atoms with Crippen LogP contribution < -0.4 is 20.8 Å². The zero-order chi connectivity index (χ0) is 41.1. The largest absolute Gasteiger partial charge is 2.00 e. The van der Waals surface area contributed by atoms with Crippen LogP contribution in [0, 0.1) is 0 Å². The number of unbranched alkanes of at least 4 members (excludes halogenated alkanes) is 6. The molecule has 0 aromatic heterocycles. The van der Waals surface area contributed by atoms with Crippen LogP contribution in [0.1, 0.15) is 129 Å². The molecule has 0 aliphatic rings. The molecule has 2 unspecified atom stereocenters. The molecule has 0 saturated heterocycles. The molecule has 2 atom stereocenters. The van der Waals surface area contributed by atoms with E-state index in [4.69, 9.17) is 10.2 Å². The fourth-order valence-corrected chi connectivity index (χ4v) is 6.48. The molecule has 55 heavy (non-hydrogen) atoms. The van der Waals surface area contributed by atoms with Gasteiger partial charge in [-0.05, 0) is 25.7 Å². The van der Waals surface area contributed by atoms with Crippen molar-refractivity contribution >= 4 is 73.4 Å². The van der Waals surface area contributed by atoms with Crippen molar-refractivity contribution in [3.63, 3.8) is 0 Å². The smallest absolute Gasteiger partial charge is 0.550 e. The van der Waals surface area contributed by atoms with E-state index in [9.17, 15) is 49.2 Å². The molecular formula is C38H72CaN4O12+2. The Kier molecular flexibility index (Phi) is 39.0. The molecule has 316 valence electrons. The average Bonchev–Trinajstić information content (AvgIpc) is 3.08. The second-order valence-corrected chi connectivity index (χ2v) is 14.2. The van der Waals surface area contributed by atoms with Crippen LogP contribution in [0.2, 0.25) is 0 Å². The van der Waals surface area contributed by atoms with Crippen molar-refractivity contribution in [2.75, 3.05) is 78.7 Å². The molecular weight excluding hydrogens is 745 g/mol. The first-order chi connectivity index (χ1) is 25.7. The van der Waals surface area contributed by atoms with E-state index in [1.807, 2.05) is 0 Å². The predicted octanol–water partition coefficient (Wildman–Crippen LogP) is 0.173. The van der Waals surface area contributed by atoms with Gasteiger partial charge in [-0.25, -0.2) is 0 Å². The van der Waals surface area contributed by atoms with E-state index in [1.165, 1.54) is 0 Å². The van der Waals surface area contributed by atoms with Gasteiger partial charge in [0, 0.05) is 50.5 Å². The van der Waals surface area contributed by atoms with Crippen molar-refractivity contribution in [2.24, 2.45) is 0 Å². The minimum Gasteiger partial charge on any atom is -0.550 e. The number of quaternary nitrogens is 2. The van der Waals surface area contributed by atoms with Gasteiger partial charge in [0.25, 0.3) is 0 Å². The van der Waals surface area contributed by atoms with E-state index in [0.717, 1.165) is 51.4 Å². The molecule has 16 nitrogen and oxygen atoms in total. The van der Waals surface area contributed by atoms with Gasteiger partial charge >= 0.3 is 49.7 Å². The van der Waals surface area contributed by atoms with Gasteiger partial charge in [0.2, 0.25) is 11.8 Å². The third-order valence-electron chi connectivity index (χ3n) is 9.55. The molecule has 0 heterocycles. The molecule has 2 amide bonds. The molecule has 0 saturated carbocycles. The molecule has 6 N–H and O–H groups in total. The predicted molar refractivity (Wildman–Crippen MR) is 205 cm³/mol. The number of aliphatic carboxylic acids is 4. The first-order valence-electron chi connectivity index (χ1n) is 20.0. The van der Waals surface area contributed by atoms with Crippen molar-refractivity contribution in [2.45, 2.75) is 129 Å². The SMILES string of the molecule is CCCCCCC(=O)NCC[N+](CCO)(CCCC(=O)[O-])CCCC(=O)O.CCCCCCC(=O)NCC[N+](CCO)(CCCC(=O)[O-])CCCC(=O)O.[Ca+2]. The zero-order valence-electron chi connectivity index (χ0n) is 33.9. The summed E-state index contributed by atoms with van der Waals surface area (Å²) in [7, 11) is 0. The molecule has 0 fully saturated rings. The molecule has 0 spiro atoms. The van der Waals surface area contributed by atoms with Crippen LogP contribution in [-0.4, -0.2) is 181 Å². The number of carboxylic acid groups (broad SMARTS) is 4. The minimum absolute atomic E-state index is 0. The molecule has 0 aromatic carbocycles. The fourth-order valence-electron chi connectivity index (χ4n) is 6.48. The van der Waals surface area contributed by atoms with Gasteiger partial charge in [0.15, 0.2) is 0 Å². The Balaban J connectivity index is -0.000000966. The summed E-state index contributed by atoms with van der Waals surface area (Å²) >= 11 is 0. The van der Waals surface area contributed by atoms with Crippen LogP contribution in [0.4, 0.5) is 0 Å². The van der Waals surface area contributed by atoms with E-state index in [2.05, 4.69) is 24.5 Å². The fraction of sp³-hybridized carbons (Fsp3) is 0.842. The summed E-state index contributed by atoms with van der Waals surface area (Å²) in [6, 6.07) is 0. The second kappa shape index (κ2) is 37.5. The maximum absolute atomic E-state index is 11.9. The van der Waals surface area contributed by atoms with Crippen LogP contribution in [0.25, 0.3) is 0 Å². The van der Waals surface area contributed by atoms with Crippen molar-refractivity contribution < 1.29 is 68.4 Å². The molecule has 0 aliphatic heterocycles. The van der Waals surface area contributed by atoms with Gasteiger partial charge in [-0.1, -0.05) is 52.4 Å². The number of carbonyl (C=O) groups is 6. The van der Waals surface area contributed by atoms with E-state index >= 15 is 0 Å². The Hall–Kier alpha value is -2.08. The molecule has 17 heteroatoms. The number of nitrogens with zero attached hydrogens (tertiary/aromatic N) is 2. The third kappa shape index (κ3) is 36.0. The summed E-state index contributed by atoms with van der Waals surface area (Å²) in [6.45, 7) is 8.83. The maximum atomic E-state index is 11.9. The molecule has 0 aromatic rings. The van der Waals surface area contributed by atoms with Crippen LogP contribution in [0.5, 0.6) is 0 Å². The van der Waals surface area contributed by atoms with Crippen molar-refractivity contribution in [1.82, 2.24) is 10.6 Å². The van der Waals surface area contributed by atoms with Gasteiger partial charge in [0.05, 0.1) is 78.4 Å². The number of carbonyl (C=O) groups excluding carboxylic acids is 4. The second-order valence-electron chi connectivity index (χ2n) is 14.2. The van der Waals surface area contributed by atoms with E-state index < -0.39 is 23.9 Å². The number of hydrogen-bond donors (Lipinski definition) is 6. The Morgan fingerprint density at radius 2 is 0.782 bits per heavy atom. The average molecular weight is 817 g/mol. The first kappa shape index (κ1) is 57.2. The quantitative estimate of drug-likeness (QED) is 0.0281. The van der Waals surface area contributed by atoms with Crippen molar-refractivity contribution in [3.05, 3.63) is 0 Å². The van der Waals surface area contributed by atoms with Gasteiger partial charge in [-0.15, -0.1) is 0 Å². The Morgan fingerprint density at radius 3 is 1.05 bits per heavy atom. The van der Waals surface area contributed by atoms with E-state index in [0.29, 0.717) is 113 Å². The van der Waals surface area contributed by atoms with Crippen LogP contribution in [0.15, 0.2) is 0 Å². The third-order valence-corrected chi connectivity index (χ3v) is 9.55. The summed E-state index contributed by atoms with van der Waals surface area (Å²) < 4.78 is 0.792. The topological polar surface area (TPSA) is 254 Å². The standard InChI is InChI=1S/2C19H36N2O6.Ca/c2*1-2-3-4-5-8-17(23)20-11-14-21(15-16-22,12-6-9-18(24)25)13-7-10-19(26)27;/h2*22H,2-16H2,1H3,(H2-,20,23,24,25,26,27);/q;;+2. The molecule has 0 rings (SSSR count). The maximum Gasteiger partial charge on any atom is 2.00 e. The molecule has 0 radical (unpaired) electrons. The summed E-state index contributed by atoms with van der Waals surface area (Å²) in [5, 5.41) is 63.8. The summed E-state index contributed by atoms with van der Waals surface area (Å²) in [5.74, 6) is -4.02. The van der Waals surface area contributed by atoms with Gasteiger partial charge in [0.1, 0.15) is 13.1 Å². The number of nitrogens with one attached hydrogen (secondary N) is 2. The van der Waals surface area contributed by atoms with Crippen molar-refractivity contribution in [3.8, 4) is 0 Å². The van der Waals surface area contributed by atoms with E-state index in [1.54, 1.807) is 0 Å². The van der Waals surface area contributed by atoms with Gasteiger partial charge in [-0.3, -0.25) is 19.2 Å². The van der Waals surface area contributed by atoms with Gasteiger partial charge < -0.3 is 59.8 Å². The number of rotatable bonds is 36. The molecule has 0 aliphatic carbocycles. The number of carboxylic acids is 4. The van der Waals surface area contributed by atoms with Crippen LogP contribution in [0.3, 0.4) is 0 Å². The van der Waals surface area contributed by atoms with E-state index in [-0.39, 0.29) is 88.4 Å². The van der Waals surface area contributed by atoms with Crippen molar-refractivity contribution in [1.29, 1.82) is 0 Å². The van der Waals surface area contributed by atoms with Crippen LogP contribution in [-0.2, 0) is 28.8 Å². The number of aliphatic hydroxyl groups excluding tert-OH is 2. The number of hydrogen-bond acceptors (Lipinski definition) is 10. The van der Waals surface area contributed by atoms with Gasteiger partial charge in [-0.2, -0.15) is 0 Å². The number of aliphatic hydroxyl groups is 2. The summed E-state index contributed by atoms with van der Waals surface area (Å²) in [6.07, 6.45) is 10.8. The Bertz CT molecular complexity index is 931. The monoisotopic (exact) mass is 816 g/mol. The first-order valence-corrected chi connectivity index (χ1v) is 20.0. The minimum atomic E-state index is -1.12. The van der Waals surface area contributed by atoms with Crippen LogP contribution >= 0.6 is 0 Å². The Morgan fingerprint density at radius 1 is 0.455 bits per heavy atom.